The quantitative estimate of drug-likeness (QED) is 0.607. The van der Waals surface area contributed by atoms with E-state index >= 15 is 0 Å². The first-order chi connectivity index (χ1) is 12.6. The number of aryl methyl sites for hydroxylation is 1. The third-order valence-electron chi connectivity index (χ3n) is 4.08. The number of rotatable bonds is 4. The maximum atomic E-state index is 13.6. The van der Waals surface area contributed by atoms with Crippen LogP contribution in [-0.2, 0) is 0 Å². The molecule has 0 aliphatic rings. The molecule has 3 aromatic heterocycles. The fourth-order valence-corrected chi connectivity index (χ4v) is 2.83. The van der Waals surface area contributed by atoms with E-state index in [9.17, 15) is 4.39 Å². The highest BCUT2D eigenvalue weighted by molar-refractivity contribution is 5.87. The lowest BCUT2D eigenvalue weighted by atomic mass is 10.2. The molecule has 1 N–H and O–H groups in total. The lowest BCUT2D eigenvalue weighted by molar-refractivity contribution is 0.625. The van der Waals surface area contributed by atoms with Crippen LogP contribution in [0.1, 0.15) is 24.5 Å². The Bertz CT molecular complexity index is 1060. The molecule has 0 aliphatic carbocycles. The smallest absolute Gasteiger partial charge is 0.168 e. The summed E-state index contributed by atoms with van der Waals surface area (Å²) in [5.41, 5.74) is 2.15. The molecule has 6 nitrogen and oxygen atoms in total. The molecule has 130 valence electrons. The predicted molar refractivity (Wildman–Crippen MR) is 97.6 cm³/mol. The van der Waals surface area contributed by atoms with E-state index in [2.05, 4.69) is 25.4 Å². The third-order valence-corrected chi connectivity index (χ3v) is 4.08. The Morgan fingerprint density at radius 1 is 1.12 bits per heavy atom. The highest BCUT2D eigenvalue weighted by atomic mass is 19.1. The number of fused-ring (bicyclic) bond motifs is 1. The number of pyridine rings is 1. The zero-order valence-electron chi connectivity index (χ0n) is 14.4. The third kappa shape index (κ3) is 2.99. The predicted octanol–water partition coefficient (Wildman–Crippen LogP) is 3.83. The SMILES string of the molecule is Cc1nc(N[C@@H](C)c2ccccn2)c2cnn(-c3cccc(F)c3)c2n1. The summed E-state index contributed by atoms with van der Waals surface area (Å²) in [6.45, 7) is 3.83. The van der Waals surface area contributed by atoms with Crippen molar-refractivity contribution in [3.05, 3.63) is 72.2 Å². The lowest BCUT2D eigenvalue weighted by Gasteiger charge is -2.15. The van der Waals surface area contributed by atoms with Gasteiger partial charge in [-0.15, -0.1) is 0 Å². The monoisotopic (exact) mass is 348 g/mol. The van der Waals surface area contributed by atoms with E-state index in [4.69, 9.17) is 0 Å². The molecule has 26 heavy (non-hydrogen) atoms. The van der Waals surface area contributed by atoms with E-state index in [-0.39, 0.29) is 11.9 Å². The zero-order chi connectivity index (χ0) is 18.1. The van der Waals surface area contributed by atoms with Gasteiger partial charge >= 0.3 is 0 Å². The first-order valence-corrected chi connectivity index (χ1v) is 8.27. The van der Waals surface area contributed by atoms with Crippen LogP contribution in [-0.4, -0.2) is 24.7 Å². The summed E-state index contributed by atoms with van der Waals surface area (Å²) in [6, 6.07) is 12.0. The van der Waals surface area contributed by atoms with Gasteiger partial charge in [0.25, 0.3) is 0 Å². The molecule has 0 amide bonds. The van der Waals surface area contributed by atoms with Crippen LogP contribution in [0.3, 0.4) is 0 Å². The summed E-state index contributed by atoms with van der Waals surface area (Å²) < 4.78 is 15.2. The number of nitrogens with zero attached hydrogens (tertiary/aromatic N) is 5. The van der Waals surface area contributed by atoms with E-state index in [0.29, 0.717) is 23.0 Å². The second-order valence-corrected chi connectivity index (χ2v) is 6.01. The zero-order valence-corrected chi connectivity index (χ0v) is 14.4. The second kappa shape index (κ2) is 6.51. The van der Waals surface area contributed by atoms with Gasteiger partial charge in [0, 0.05) is 6.20 Å². The largest absolute Gasteiger partial charge is 0.361 e. The number of anilines is 1. The van der Waals surface area contributed by atoms with Crippen molar-refractivity contribution in [3.8, 4) is 5.69 Å². The Kier molecular flexibility index (Phi) is 4.04. The van der Waals surface area contributed by atoms with E-state index in [1.165, 1.54) is 12.1 Å². The summed E-state index contributed by atoms with van der Waals surface area (Å²) >= 11 is 0. The Morgan fingerprint density at radius 3 is 2.77 bits per heavy atom. The lowest BCUT2D eigenvalue weighted by Crippen LogP contribution is -2.11. The topological polar surface area (TPSA) is 68.5 Å². The van der Waals surface area contributed by atoms with Gasteiger partial charge in [0.15, 0.2) is 5.65 Å². The van der Waals surface area contributed by atoms with Crippen molar-refractivity contribution in [2.24, 2.45) is 0 Å². The van der Waals surface area contributed by atoms with Gasteiger partial charge in [-0.1, -0.05) is 12.1 Å². The van der Waals surface area contributed by atoms with Crippen molar-refractivity contribution < 1.29 is 4.39 Å². The first kappa shape index (κ1) is 16.1. The van der Waals surface area contributed by atoms with Gasteiger partial charge < -0.3 is 5.32 Å². The van der Waals surface area contributed by atoms with Crippen LogP contribution in [0.4, 0.5) is 10.2 Å². The molecule has 0 saturated heterocycles. The van der Waals surface area contributed by atoms with E-state index in [1.54, 1.807) is 29.2 Å². The van der Waals surface area contributed by atoms with E-state index < -0.39 is 0 Å². The Hall–Kier alpha value is -3.35. The molecule has 0 radical (unpaired) electrons. The van der Waals surface area contributed by atoms with Crippen LogP contribution in [0.2, 0.25) is 0 Å². The number of hydrogen-bond donors (Lipinski definition) is 1. The fraction of sp³-hybridized carbons (Fsp3) is 0.158. The molecule has 0 unspecified atom stereocenters. The van der Waals surface area contributed by atoms with Crippen LogP contribution < -0.4 is 5.32 Å². The van der Waals surface area contributed by atoms with Crippen LogP contribution in [0, 0.1) is 12.7 Å². The summed E-state index contributed by atoms with van der Waals surface area (Å²) in [5, 5.41) is 8.52. The molecule has 0 aliphatic heterocycles. The molecule has 1 atom stereocenters. The highest BCUT2D eigenvalue weighted by Gasteiger charge is 2.15. The van der Waals surface area contributed by atoms with Gasteiger partial charge in [0.1, 0.15) is 17.5 Å². The summed E-state index contributed by atoms with van der Waals surface area (Å²) in [4.78, 5) is 13.4. The fourth-order valence-electron chi connectivity index (χ4n) is 2.83. The number of benzene rings is 1. The van der Waals surface area contributed by atoms with Crippen LogP contribution in [0.25, 0.3) is 16.7 Å². The maximum Gasteiger partial charge on any atom is 0.168 e. The normalized spacial score (nSPS) is 12.3. The molecule has 0 fully saturated rings. The minimum atomic E-state index is -0.320. The van der Waals surface area contributed by atoms with Crippen LogP contribution in [0.5, 0.6) is 0 Å². The average molecular weight is 348 g/mol. The Labute approximate surface area is 149 Å². The molecular weight excluding hydrogens is 331 g/mol. The van der Waals surface area contributed by atoms with Crippen molar-refractivity contribution in [2.45, 2.75) is 19.9 Å². The molecular formula is C19H17FN6. The van der Waals surface area contributed by atoms with Crippen molar-refractivity contribution in [2.75, 3.05) is 5.32 Å². The van der Waals surface area contributed by atoms with Crippen molar-refractivity contribution in [3.63, 3.8) is 0 Å². The molecule has 0 saturated carbocycles. The molecule has 4 aromatic rings. The minimum absolute atomic E-state index is 0.0359. The average Bonchev–Trinajstić information content (AvgIpc) is 3.06. The molecule has 0 spiro atoms. The number of hydrogen-bond acceptors (Lipinski definition) is 5. The summed E-state index contributed by atoms with van der Waals surface area (Å²) in [6.07, 6.45) is 3.45. The van der Waals surface area contributed by atoms with Gasteiger partial charge in [-0.25, -0.2) is 19.0 Å². The van der Waals surface area contributed by atoms with Crippen molar-refractivity contribution >= 4 is 16.9 Å². The Balaban J connectivity index is 1.77. The molecule has 1 aromatic carbocycles. The molecule has 0 bridgehead atoms. The van der Waals surface area contributed by atoms with Gasteiger partial charge in [-0.2, -0.15) is 5.10 Å². The minimum Gasteiger partial charge on any atom is -0.361 e. The van der Waals surface area contributed by atoms with Crippen LogP contribution >= 0.6 is 0 Å². The molecule has 4 rings (SSSR count). The van der Waals surface area contributed by atoms with E-state index in [1.807, 2.05) is 32.0 Å². The van der Waals surface area contributed by atoms with Gasteiger partial charge in [-0.05, 0) is 44.2 Å². The number of aromatic nitrogens is 5. The number of nitrogens with one attached hydrogen (secondary N) is 1. The standard InChI is InChI=1S/C19H17FN6/c1-12(17-8-3-4-9-21-17)23-18-16-11-22-26(19(16)25-13(2)24-18)15-7-5-6-14(20)10-15/h3-12H,1-2H3,(H,23,24,25)/t12-/m0/s1. The van der Waals surface area contributed by atoms with Crippen molar-refractivity contribution in [1.29, 1.82) is 0 Å². The first-order valence-electron chi connectivity index (χ1n) is 8.27. The Morgan fingerprint density at radius 2 is 2.00 bits per heavy atom. The van der Waals surface area contributed by atoms with Gasteiger partial charge in [0.05, 0.1) is 29.0 Å². The summed E-state index contributed by atoms with van der Waals surface area (Å²) in [5.74, 6) is 0.957. The van der Waals surface area contributed by atoms with E-state index in [0.717, 1.165) is 11.1 Å². The van der Waals surface area contributed by atoms with Gasteiger partial charge in [0.2, 0.25) is 0 Å². The maximum absolute atomic E-state index is 13.6. The molecule has 7 heteroatoms. The van der Waals surface area contributed by atoms with Crippen molar-refractivity contribution in [1.82, 2.24) is 24.7 Å². The summed E-state index contributed by atoms with van der Waals surface area (Å²) in [7, 11) is 0. The van der Waals surface area contributed by atoms with Crippen LogP contribution in [0.15, 0.2) is 54.9 Å². The second-order valence-electron chi connectivity index (χ2n) is 6.01. The highest BCUT2D eigenvalue weighted by Crippen LogP contribution is 2.25. The number of halogens is 1. The molecule has 3 heterocycles. The van der Waals surface area contributed by atoms with Gasteiger partial charge in [-0.3, -0.25) is 4.98 Å².